The van der Waals surface area contributed by atoms with Gasteiger partial charge in [0.05, 0.1) is 12.7 Å². The second-order valence-corrected chi connectivity index (χ2v) is 3.62. The van der Waals surface area contributed by atoms with Crippen molar-refractivity contribution in [1.29, 1.82) is 0 Å². The minimum absolute atomic E-state index is 0.0726. The van der Waals surface area contributed by atoms with Crippen LogP contribution in [0.5, 0.6) is 0 Å². The summed E-state index contributed by atoms with van der Waals surface area (Å²) in [4.78, 5) is 0. The fraction of sp³-hybridized carbons (Fsp3) is 0.500. The summed E-state index contributed by atoms with van der Waals surface area (Å²) in [6.07, 6.45) is 0.352. The van der Waals surface area contributed by atoms with Gasteiger partial charge in [-0.1, -0.05) is 37.3 Å². The van der Waals surface area contributed by atoms with E-state index in [1.807, 2.05) is 37.3 Å². The lowest BCUT2D eigenvalue weighted by Crippen LogP contribution is -2.34. The van der Waals surface area contributed by atoms with Crippen LogP contribution < -0.4 is 5.32 Å². The molecule has 3 N–H and O–H groups in total. The molecular weight excluding hydrogens is 190 g/mol. The van der Waals surface area contributed by atoms with E-state index in [1.165, 1.54) is 0 Å². The molecule has 0 amide bonds. The van der Waals surface area contributed by atoms with Crippen molar-refractivity contribution in [3.05, 3.63) is 35.9 Å². The van der Waals surface area contributed by atoms with E-state index in [4.69, 9.17) is 5.11 Å². The van der Waals surface area contributed by atoms with Gasteiger partial charge in [-0.3, -0.25) is 0 Å². The third-order valence-corrected chi connectivity index (χ3v) is 2.50. The number of rotatable bonds is 6. The summed E-state index contributed by atoms with van der Waals surface area (Å²) in [6, 6.07) is 9.59. The van der Waals surface area contributed by atoms with Crippen LogP contribution in [0.25, 0.3) is 0 Å². The van der Waals surface area contributed by atoms with Gasteiger partial charge in [-0.2, -0.15) is 0 Å². The fourth-order valence-corrected chi connectivity index (χ4v) is 1.41. The maximum atomic E-state index is 9.82. The maximum Gasteiger partial charge on any atom is 0.0914 e. The van der Waals surface area contributed by atoms with Gasteiger partial charge in [0, 0.05) is 12.6 Å². The number of nitrogens with one attached hydrogen (secondary N) is 1. The standard InChI is InChI=1S/C12H19NO2/c1-2-11(9-14)13-8-12(15)10-6-4-3-5-7-10/h3-7,11-15H,2,8-9H2,1H3/t11-,12+/m0/s1. The molecule has 1 rings (SSSR count). The third-order valence-electron chi connectivity index (χ3n) is 2.50. The van der Waals surface area contributed by atoms with Gasteiger partial charge >= 0.3 is 0 Å². The molecule has 0 aliphatic carbocycles. The van der Waals surface area contributed by atoms with Crippen molar-refractivity contribution >= 4 is 0 Å². The number of hydrogen-bond acceptors (Lipinski definition) is 3. The highest BCUT2D eigenvalue weighted by molar-refractivity contribution is 5.17. The fourth-order valence-electron chi connectivity index (χ4n) is 1.41. The molecule has 1 aromatic carbocycles. The molecule has 3 heteroatoms. The van der Waals surface area contributed by atoms with Gasteiger partial charge in [-0.05, 0) is 12.0 Å². The first-order chi connectivity index (χ1) is 7.27. The minimum Gasteiger partial charge on any atom is -0.395 e. The molecular formula is C12H19NO2. The Hall–Kier alpha value is -0.900. The highest BCUT2D eigenvalue weighted by Crippen LogP contribution is 2.10. The number of aliphatic hydroxyl groups is 2. The van der Waals surface area contributed by atoms with E-state index in [-0.39, 0.29) is 12.6 Å². The smallest absolute Gasteiger partial charge is 0.0914 e. The first-order valence-electron chi connectivity index (χ1n) is 5.35. The zero-order valence-corrected chi connectivity index (χ0v) is 9.06. The molecule has 0 heterocycles. The molecule has 0 unspecified atom stereocenters. The van der Waals surface area contributed by atoms with E-state index >= 15 is 0 Å². The Balaban J connectivity index is 2.39. The van der Waals surface area contributed by atoms with E-state index in [0.29, 0.717) is 6.54 Å². The van der Waals surface area contributed by atoms with Gasteiger partial charge in [-0.15, -0.1) is 0 Å². The van der Waals surface area contributed by atoms with E-state index in [9.17, 15) is 5.11 Å². The normalized spacial score (nSPS) is 14.9. The summed E-state index contributed by atoms with van der Waals surface area (Å²) in [5.41, 5.74) is 0.901. The molecule has 0 spiro atoms. The molecule has 0 aliphatic rings. The van der Waals surface area contributed by atoms with Crippen LogP contribution in [-0.2, 0) is 0 Å². The van der Waals surface area contributed by atoms with Crippen molar-refractivity contribution in [2.75, 3.05) is 13.2 Å². The molecule has 0 aliphatic heterocycles. The summed E-state index contributed by atoms with van der Waals surface area (Å²) >= 11 is 0. The number of benzene rings is 1. The van der Waals surface area contributed by atoms with Crippen LogP contribution in [0.15, 0.2) is 30.3 Å². The molecule has 0 saturated heterocycles. The van der Waals surface area contributed by atoms with Crippen LogP contribution in [0.4, 0.5) is 0 Å². The predicted octanol–water partition coefficient (Wildman–Crippen LogP) is 1.08. The van der Waals surface area contributed by atoms with Crippen molar-refractivity contribution in [3.63, 3.8) is 0 Å². The van der Waals surface area contributed by atoms with Crippen molar-refractivity contribution in [3.8, 4) is 0 Å². The zero-order chi connectivity index (χ0) is 11.1. The molecule has 0 aromatic heterocycles. The first-order valence-corrected chi connectivity index (χ1v) is 5.35. The van der Waals surface area contributed by atoms with E-state index in [2.05, 4.69) is 5.32 Å². The second kappa shape index (κ2) is 6.56. The monoisotopic (exact) mass is 209 g/mol. The molecule has 0 bridgehead atoms. The second-order valence-electron chi connectivity index (χ2n) is 3.62. The lowest BCUT2D eigenvalue weighted by molar-refractivity contribution is 0.158. The SMILES string of the molecule is CC[C@@H](CO)NC[C@@H](O)c1ccccc1. The van der Waals surface area contributed by atoms with Crippen LogP contribution in [0.1, 0.15) is 25.0 Å². The van der Waals surface area contributed by atoms with Gasteiger partial charge in [0.1, 0.15) is 0 Å². The first kappa shape index (κ1) is 12.2. The topological polar surface area (TPSA) is 52.5 Å². The summed E-state index contributed by atoms with van der Waals surface area (Å²) < 4.78 is 0. The molecule has 15 heavy (non-hydrogen) atoms. The summed E-state index contributed by atoms with van der Waals surface area (Å²) in [6.45, 7) is 2.59. The van der Waals surface area contributed by atoms with Crippen molar-refractivity contribution < 1.29 is 10.2 Å². The predicted molar refractivity (Wildman–Crippen MR) is 60.6 cm³/mol. The van der Waals surface area contributed by atoms with Crippen LogP contribution in [-0.4, -0.2) is 29.4 Å². The van der Waals surface area contributed by atoms with Crippen molar-refractivity contribution in [1.82, 2.24) is 5.32 Å². The van der Waals surface area contributed by atoms with E-state index in [0.717, 1.165) is 12.0 Å². The van der Waals surface area contributed by atoms with Crippen LogP contribution in [0, 0.1) is 0 Å². The van der Waals surface area contributed by atoms with Gasteiger partial charge in [-0.25, -0.2) is 0 Å². The molecule has 0 radical (unpaired) electrons. The van der Waals surface area contributed by atoms with Crippen molar-refractivity contribution in [2.45, 2.75) is 25.5 Å². The van der Waals surface area contributed by atoms with Crippen LogP contribution >= 0.6 is 0 Å². The summed E-state index contributed by atoms with van der Waals surface area (Å²) in [7, 11) is 0. The van der Waals surface area contributed by atoms with Crippen molar-refractivity contribution in [2.24, 2.45) is 0 Å². The van der Waals surface area contributed by atoms with E-state index in [1.54, 1.807) is 0 Å². The van der Waals surface area contributed by atoms with Gasteiger partial charge in [0.2, 0.25) is 0 Å². The van der Waals surface area contributed by atoms with Gasteiger partial charge in [0.25, 0.3) is 0 Å². The molecule has 3 nitrogen and oxygen atoms in total. The molecule has 1 aromatic rings. The Morgan fingerprint density at radius 1 is 1.27 bits per heavy atom. The summed E-state index contributed by atoms with van der Waals surface area (Å²) in [5, 5.41) is 21.9. The summed E-state index contributed by atoms with van der Waals surface area (Å²) in [5.74, 6) is 0. The Kier molecular flexibility index (Phi) is 5.32. The Labute approximate surface area is 90.8 Å². The third kappa shape index (κ3) is 4.00. The quantitative estimate of drug-likeness (QED) is 0.657. The molecule has 2 atom stereocenters. The lowest BCUT2D eigenvalue weighted by atomic mass is 10.1. The number of hydrogen-bond donors (Lipinski definition) is 3. The Morgan fingerprint density at radius 2 is 1.93 bits per heavy atom. The minimum atomic E-state index is -0.508. The van der Waals surface area contributed by atoms with Gasteiger partial charge in [0.15, 0.2) is 0 Å². The highest BCUT2D eigenvalue weighted by atomic mass is 16.3. The molecule has 0 fully saturated rings. The van der Waals surface area contributed by atoms with Crippen LogP contribution in [0.3, 0.4) is 0 Å². The average molecular weight is 209 g/mol. The Bertz CT molecular complexity index is 260. The zero-order valence-electron chi connectivity index (χ0n) is 9.06. The van der Waals surface area contributed by atoms with Crippen LogP contribution in [0.2, 0.25) is 0 Å². The highest BCUT2D eigenvalue weighted by Gasteiger charge is 2.09. The average Bonchev–Trinajstić information content (AvgIpc) is 2.31. The Morgan fingerprint density at radius 3 is 2.47 bits per heavy atom. The molecule has 84 valence electrons. The van der Waals surface area contributed by atoms with E-state index < -0.39 is 6.10 Å². The molecule has 0 saturated carbocycles. The van der Waals surface area contributed by atoms with Gasteiger partial charge < -0.3 is 15.5 Å². The number of aliphatic hydroxyl groups excluding tert-OH is 2. The lowest BCUT2D eigenvalue weighted by Gasteiger charge is -2.17. The maximum absolute atomic E-state index is 9.82. The largest absolute Gasteiger partial charge is 0.395 e.